The zero-order chi connectivity index (χ0) is 17.7. The average molecular weight is 372 g/mol. The lowest BCUT2D eigenvalue weighted by molar-refractivity contribution is -0.885. The predicted octanol–water partition coefficient (Wildman–Crippen LogP) is 2.79. The number of hydrogen-bond acceptors (Lipinski definition) is 2. The van der Waals surface area contributed by atoms with Crippen molar-refractivity contribution in [3.63, 3.8) is 0 Å². The van der Waals surface area contributed by atoms with Crippen LogP contribution in [0.3, 0.4) is 0 Å². The van der Waals surface area contributed by atoms with Gasteiger partial charge in [0.15, 0.2) is 6.54 Å². The molecule has 2 aromatic rings. The topological polar surface area (TPSA) is 42.8 Å². The molecular weight excluding hydrogens is 354 g/mol. The summed E-state index contributed by atoms with van der Waals surface area (Å²) in [5.41, 5.74) is 0.972. The fourth-order valence-electron chi connectivity index (χ4n) is 2.29. The van der Waals surface area contributed by atoms with Gasteiger partial charge < -0.3 is 15.0 Å². The van der Waals surface area contributed by atoms with Crippen molar-refractivity contribution in [2.24, 2.45) is 0 Å². The molecule has 2 rings (SSSR count). The van der Waals surface area contributed by atoms with Gasteiger partial charge >= 0.3 is 0 Å². The van der Waals surface area contributed by atoms with Crippen molar-refractivity contribution < 1.29 is 18.8 Å². The molecule has 1 amide bonds. The van der Waals surface area contributed by atoms with E-state index in [-0.39, 0.29) is 18.3 Å². The Morgan fingerprint density at radius 2 is 2.00 bits per heavy atom. The summed E-state index contributed by atoms with van der Waals surface area (Å²) in [6.45, 7) is 0.469. The highest BCUT2D eigenvalue weighted by Gasteiger charge is 2.16. The van der Waals surface area contributed by atoms with E-state index in [2.05, 4.69) is 5.32 Å². The van der Waals surface area contributed by atoms with E-state index in [0.29, 0.717) is 33.6 Å². The summed E-state index contributed by atoms with van der Waals surface area (Å²) >= 11 is 12.0. The summed E-state index contributed by atoms with van der Waals surface area (Å²) in [7, 11) is 3.31. The average Bonchev–Trinajstić information content (AvgIpc) is 2.51. The minimum Gasteiger partial charge on any atom is -0.495 e. The van der Waals surface area contributed by atoms with Crippen LogP contribution in [0.1, 0.15) is 5.56 Å². The minimum absolute atomic E-state index is 0.161. The Balaban J connectivity index is 1.95. The molecule has 0 aliphatic carbocycles. The first-order valence-electron chi connectivity index (χ1n) is 7.28. The van der Waals surface area contributed by atoms with Gasteiger partial charge in [-0.1, -0.05) is 29.3 Å². The first-order chi connectivity index (χ1) is 11.4. The van der Waals surface area contributed by atoms with E-state index >= 15 is 0 Å². The van der Waals surface area contributed by atoms with Crippen LogP contribution in [0.4, 0.5) is 10.1 Å². The number of amides is 1. The third-order valence-corrected chi connectivity index (χ3v) is 4.09. The van der Waals surface area contributed by atoms with Gasteiger partial charge in [0.2, 0.25) is 0 Å². The number of rotatable bonds is 6. The second-order valence-electron chi connectivity index (χ2n) is 5.41. The lowest BCUT2D eigenvalue weighted by Crippen LogP contribution is -3.08. The van der Waals surface area contributed by atoms with Crippen LogP contribution >= 0.6 is 23.2 Å². The molecule has 0 aliphatic heterocycles. The molecule has 0 heterocycles. The van der Waals surface area contributed by atoms with Crippen LogP contribution in [0.15, 0.2) is 36.4 Å². The molecule has 0 saturated carbocycles. The standard InChI is InChI=1S/C17H17Cl2FN2O2/c1-22(9-12-13(18)4-3-5-15(12)20)10-17(23)21-11-6-7-16(24-2)14(19)8-11/h3-8H,9-10H2,1-2H3,(H,21,23)/p+1. The van der Waals surface area contributed by atoms with Crippen molar-refractivity contribution in [1.29, 1.82) is 0 Å². The Hall–Kier alpha value is -1.82. The molecule has 2 N–H and O–H groups in total. The number of hydrogen-bond donors (Lipinski definition) is 2. The normalized spacial score (nSPS) is 11.9. The molecule has 1 atom stereocenters. The van der Waals surface area contributed by atoms with Crippen molar-refractivity contribution >= 4 is 34.8 Å². The molecule has 0 spiro atoms. The van der Waals surface area contributed by atoms with Crippen LogP contribution in [-0.4, -0.2) is 26.6 Å². The minimum atomic E-state index is -0.371. The quantitative estimate of drug-likeness (QED) is 0.819. The van der Waals surface area contributed by atoms with Crippen molar-refractivity contribution in [3.8, 4) is 5.75 Å². The molecule has 0 radical (unpaired) electrons. The van der Waals surface area contributed by atoms with Crippen LogP contribution < -0.4 is 15.0 Å². The zero-order valence-corrected chi connectivity index (χ0v) is 14.8. The molecule has 24 heavy (non-hydrogen) atoms. The number of carbonyl (C=O) groups excluding carboxylic acids is 1. The van der Waals surface area contributed by atoms with E-state index in [1.807, 2.05) is 0 Å². The van der Waals surface area contributed by atoms with Gasteiger partial charge in [0, 0.05) is 5.69 Å². The van der Waals surface area contributed by atoms with Crippen molar-refractivity contribution in [2.75, 3.05) is 26.0 Å². The number of likely N-dealkylation sites (N-methyl/N-ethyl adjacent to an activating group) is 1. The summed E-state index contributed by atoms with van der Waals surface area (Å²) in [5.74, 6) is -0.0445. The molecule has 1 unspecified atom stereocenters. The van der Waals surface area contributed by atoms with Crippen LogP contribution in [0.2, 0.25) is 10.0 Å². The lowest BCUT2D eigenvalue weighted by Gasteiger charge is -2.15. The Morgan fingerprint density at radius 1 is 1.25 bits per heavy atom. The van der Waals surface area contributed by atoms with E-state index in [0.717, 1.165) is 4.90 Å². The van der Waals surface area contributed by atoms with Gasteiger partial charge in [-0.3, -0.25) is 4.79 Å². The first-order valence-corrected chi connectivity index (χ1v) is 8.04. The molecule has 7 heteroatoms. The highest BCUT2D eigenvalue weighted by molar-refractivity contribution is 6.32. The maximum Gasteiger partial charge on any atom is 0.279 e. The third-order valence-electron chi connectivity index (χ3n) is 3.44. The summed E-state index contributed by atoms with van der Waals surface area (Å²) in [6, 6.07) is 9.53. The van der Waals surface area contributed by atoms with Gasteiger partial charge in [-0.2, -0.15) is 0 Å². The first kappa shape index (κ1) is 18.5. The van der Waals surface area contributed by atoms with Gasteiger partial charge in [-0.15, -0.1) is 0 Å². The van der Waals surface area contributed by atoms with E-state index in [9.17, 15) is 9.18 Å². The number of halogens is 3. The Kier molecular flexibility index (Phi) is 6.43. The third kappa shape index (κ3) is 4.84. The van der Waals surface area contributed by atoms with Crippen LogP contribution in [0.5, 0.6) is 5.75 Å². The molecule has 0 aromatic heterocycles. The number of anilines is 1. The SMILES string of the molecule is COc1ccc(NC(=O)C[NH+](C)Cc2c(F)cccc2Cl)cc1Cl. The van der Waals surface area contributed by atoms with E-state index < -0.39 is 0 Å². The summed E-state index contributed by atoms with van der Waals surface area (Å²) in [4.78, 5) is 12.9. The molecule has 0 fully saturated rings. The lowest BCUT2D eigenvalue weighted by atomic mass is 10.2. The fraction of sp³-hybridized carbons (Fsp3) is 0.235. The Bertz CT molecular complexity index is 720. The summed E-state index contributed by atoms with van der Waals surface area (Å²) in [5, 5.41) is 3.52. The van der Waals surface area contributed by atoms with Crippen molar-refractivity contribution in [3.05, 3.63) is 57.8 Å². The van der Waals surface area contributed by atoms with Gasteiger partial charge in [-0.25, -0.2) is 4.39 Å². The molecule has 0 saturated heterocycles. The number of quaternary nitrogens is 1. The summed E-state index contributed by atoms with van der Waals surface area (Å²) in [6.07, 6.45) is 0. The van der Waals surface area contributed by atoms with Crippen LogP contribution in [0.25, 0.3) is 0 Å². The fourth-order valence-corrected chi connectivity index (χ4v) is 2.78. The molecule has 128 valence electrons. The zero-order valence-electron chi connectivity index (χ0n) is 13.3. The van der Waals surface area contributed by atoms with Crippen LogP contribution in [0, 0.1) is 5.82 Å². The van der Waals surface area contributed by atoms with E-state index in [1.165, 1.54) is 13.2 Å². The smallest absolute Gasteiger partial charge is 0.279 e. The predicted molar refractivity (Wildman–Crippen MR) is 93.5 cm³/mol. The summed E-state index contributed by atoms with van der Waals surface area (Å²) < 4.78 is 18.8. The molecule has 4 nitrogen and oxygen atoms in total. The Morgan fingerprint density at radius 3 is 2.62 bits per heavy atom. The maximum absolute atomic E-state index is 13.8. The highest BCUT2D eigenvalue weighted by atomic mass is 35.5. The van der Waals surface area contributed by atoms with Crippen LogP contribution in [-0.2, 0) is 11.3 Å². The second-order valence-corrected chi connectivity index (χ2v) is 6.22. The maximum atomic E-state index is 13.8. The van der Waals surface area contributed by atoms with Gasteiger partial charge in [-0.05, 0) is 30.3 Å². The number of nitrogens with one attached hydrogen (secondary N) is 2. The molecule has 0 bridgehead atoms. The molecule has 2 aromatic carbocycles. The van der Waals surface area contributed by atoms with Gasteiger partial charge in [0.25, 0.3) is 5.91 Å². The molecular formula is C17H18Cl2FN2O2+. The van der Waals surface area contributed by atoms with E-state index in [4.69, 9.17) is 27.9 Å². The highest BCUT2D eigenvalue weighted by Crippen LogP contribution is 2.27. The number of ether oxygens (including phenoxy) is 1. The number of benzene rings is 2. The number of carbonyl (C=O) groups is 1. The van der Waals surface area contributed by atoms with Crippen molar-refractivity contribution in [1.82, 2.24) is 0 Å². The van der Waals surface area contributed by atoms with Crippen molar-refractivity contribution in [2.45, 2.75) is 6.54 Å². The van der Waals surface area contributed by atoms with Gasteiger partial charge in [0.1, 0.15) is 18.1 Å². The molecule has 0 aliphatic rings. The Labute approximate surface area is 150 Å². The largest absolute Gasteiger partial charge is 0.495 e. The van der Waals surface area contributed by atoms with E-state index in [1.54, 1.807) is 37.4 Å². The second kappa shape index (κ2) is 8.33. The number of methoxy groups -OCH3 is 1. The monoisotopic (exact) mass is 371 g/mol. The van der Waals surface area contributed by atoms with Gasteiger partial charge in [0.05, 0.1) is 29.8 Å².